The summed E-state index contributed by atoms with van der Waals surface area (Å²) in [5, 5.41) is 6.28. The molecule has 0 unspecified atom stereocenters. The van der Waals surface area contributed by atoms with Crippen molar-refractivity contribution in [3.8, 4) is 5.75 Å². The van der Waals surface area contributed by atoms with Gasteiger partial charge >= 0.3 is 0 Å². The molecule has 0 aromatic heterocycles. The van der Waals surface area contributed by atoms with Crippen LogP contribution in [0, 0.1) is 0 Å². The normalized spacial score (nSPS) is 15.7. The number of benzene rings is 1. The first-order valence-corrected chi connectivity index (χ1v) is 9.12. The van der Waals surface area contributed by atoms with E-state index >= 15 is 0 Å². The van der Waals surface area contributed by atoms with Gasteiger partial charge in [-0.25, -0.2) is 0 Å². The summed E-state index contributed by atoms with van der Waals surface area (Å²) >= 11 is 5.98. The molecule has 2 rings (SSSR count). The number of carbonyl (C=O) groups excluding carboxylic acids is 2. The van der Waals surface area contributed by atoms with Gasteiger partial charge in [-0.3, -0.25) is 19.4 Å². The fourth-order valence-corrected chi connectivity index (χ4v) is 3.02. The van der Waals surface area contributed by atoms with Crippen LogP contribution in [0.25, 0.3) is 0 Å². The number of halogens is 1. The Kier molecular flexibility index (Phi) is 7.68. The Hall–Kier alpha value is -1.83. The monoisotopic (exact) mass is 382 g/mol. The van der Waals surface area contributed by atoms with Crippen molar-refractivity contribution >= 4 is 29.1 Å². The van der Waals surface area contributed by atoms with Gasteiger partial charge in [0, 0.05) is 37.2 Å². The highest BCUT2D eigenvalue weighted by Gasteiger charge is 2.21. The molecule has 1 saturated heterocycles. The Balaban J connectivity index is 1.78. The van der Waals surface area contributed by atoms with Crippen LogP contribution in [0.15, 0.2) is 18.2 Å². The molecular weight excluding hydrogens is 356 g/mol. The Morgan fingerprint density at radius 3 is 2.23 bits per heavy atom. The maximum absolute atomic E-state index is 12.3. The molecule has 0 bridgehead atoms. The first-order valence-electron chi connectivity index (χ1n) is 8.75. The molecule has 1 fully saturated rings. The van der Waals surface area contributed by atoms with Crippen LogP contribution in [-0.2, 0) is 9.59 Å². The molecule has 144 valence electrons. The van der Waals surface area contributed by atoms with Crippen LogP contribution in [0.5, 0.6) is 5.75 Å². The largest absolute Gasteiger partial charge is 0.495 e. The minimum Gasteiger partial charge on any atom is -0.495 e. The van der Waals surface area contributed by atoms with E-state index in [1.807, 2.05) is 13.8 Å². The molecule has 0 spiro atoms. The molecule has 2 N–H and O–H groups in total. The fourth-order valence-electron chi connectivity index (χ4n) is 2.85. The summed E-state index contributed by atoms with van der Waals surface area (Å²) in [6.07, 6.45) is 0. The standard InChI is InChI=1S/C18H27ClN4O3/c1-13(2)20-17(24)11-22-6-8-23(9-7-22)12-18(25)21-15-10-14(19)4-5-16(15)26-3/h4-5,10,13H,6-9,11-12H2,1-3H3,(H,20,24)(H,21,25). The lowest BCUT2D eigenvalue weighted by atomic mass is 10.2. The summed E-state index contributed by atoms with van der Waals surface area (Å²) in [6.45, 7) is 7.61. The second kappa shape index (κ2) is 9.75. The predicted octanol–water partition coefficient (Wildman–Crippen LogP) is 1.43. The van der Waals surface area contributed by atoms with Crippen molar-refractivity contribution in [3.63, 3.8) is 0 Å². The fraction of sp³-hybridized carbons (Fsp3) is 0.556. The summed E-state index contributed by atoms with van der Waals surface area (Å²) in [5.41, 5.74) is 0.564. The second-order valence-electron chi connectivity index (χ2n) is 6.67. The van der Waals surface area contributed by atoms with E-state index in [4.69, 9.17) is 16.3 Å². The number of ether oxygens (including phenoxy) is 1. The SMILES string of the molecule is COc1ccc(Cl)cc1NC(=O)CN1CCN(CC(=O)NC(C)C)CC1. The van der Waals surface area contributed by atoms with Crippen LogP contribution in [-0.4, -0.2) is 74.0 Å². The summed E-state index contributed by atoms with van der Waals surface area (Å²) < 4.78 is 5.24. The van der Waals surface area contributed by atoms with Gasteiger partial charge in [-0.05, 0) is 32.0 Å². The number of hydrogen-bond acceptors (Lipinski definition) is 5. The third-order valence-electron chi connectivity index (χ3n) is 4.08. The van der Waals surface area contributed by atoms with E-state index < -0.39 is 0 Å². The zero-order valence-corrected chi connectivity index (χ0v) is 16.3. The van der Waals surface area contributed by atoms with Gasteiger partial charge in [0.2, 0.25) is 11.8 Å². The summed E-state index contributed by atoms with van der Waals surface area (Å²) in [7, 11) is 1.55. The van der Waals surface area contributed by atoms with Gasteiger partial charge in [0.25, 0.3) is 0 Å². The van der Waals surface area contributed by atoms with Crippen molar-refractivity contribution in [2.75, 3.05) is 51.7 Å². The maximum Gasteiger partial charge on any atom is 0.238 e. The molecule has 1 aliphatic heterocycles. The molecular formula is C18H27ClN4O3. The summed E-state index contributed by atoms with van der Waals surface area (Å²) in [4.78, 5) is 28.3. The maximum atomic E-state index is 12.3. The highest BCUT2D eigenvalue weighted by Crippen LogP contribution is 2.27. The van der Waals surface area contributed by atoms with Gasteiger partial charge in [-0.15, -0.1) is 0 Å². The van der Waals surface area contributed by atoms with Gasteiger partial charge < -0.3 is 15.4 Å². The van der Waals surface area contributed by atoms with E-state index in [1.54, 1.807) is 25.3 Å². The van der Waals surface area contributed by atoms with E-state index in [0.717, 1.165) is 26.2 Å². The van der Waals surface area contributed by atoms with Crippen LogP contribution in [0.1, 0.15) is 13.8 Å². The molecule has 0 radical (unpaired) electrons. The number of piperazine rings is 1. The molecule has 7 nitrogen and oxygen atoms in total. The van der Waals surface area contributed by atoms with Crippen molar-refractivity contribution in [1.29, 1.82) is 0 Å². The topological polar surface area (TPSA) is 73.9 Å². The van der Waals surface area contributed by atoms with Crippen molar-refractivity contribution in [3.05, 3.63) is 23.2 Å². The number of carbonyl (C=O) groups is 2. The van der Waals surface area contributed by atoms with Gasteiger partial charge in [0.05, 0.1) is 25.9 Å². The minimum absolute atomic E-state index is 0.0410. The molecule has 26 heavy (non-hydrogen) atoms. The van der Waals surface area contributed by atoms with E-state index in [2.05, 4.69) is 20.4 Å². The predicted molar refractivity (Wildman–Crippen MR) is 103 cm³/mol. The van der Waals surface area contributed by atoms with Crippen molar-refractivity contribution in [2.24, 2.45) is 0 Å². The smallest absolute Gasteiger partial charge is 0.238 e. The molecule has 0 saturated carbocycles. The minimum atomic E-state index is -0.114. The first-order chi connectivity index (χ1) is 12.4. The highest BCUT2D eigenvalue weighted by molar-refractivity contribution is 6.31. The Morgan fingerprint density at radius 1 is 1.12 bits per heavy atom. The zero-order valence-electron chi connectivity index (χ0n) is 15.5. The molecule has 2 amide bonds. The third-order valence-corrected chi connectivity index (χ3v) is 4.32. The average molecular weight is 383 g/mol. The van der Waals surface area contributed by atoms with Gasteiger partial charge in [-0.2, -0.15) is 0 Å². The number of amides is 2. The van der Waals surface area contributed by atoms with Crippen LogP contribution < -0.4 is 15.4 Å². The third kappa shape index (κ3) is 6.48. The number of methoxy groups -OCH3 is 1. The van der Waals surface area contributed by atoms with Crippen molar-refractivity contribution in [1.82, 2.24) is 15.1 Å². The number of rotatable bonds is 7. The molecule has 0 aliphatic carbocycles. The average Bonchev–Trinajstić information content (AvgIpc) is 2.56. The molecule has 1 heterocycles. The molecule has 8 heteroatoms. The summed E-state index contributed by atoms with van der Waals surface area (Å²) in [6, 6.07) is 5.25. The Bertz CT molecular complexity index is 631. The lowest BCUT2D eigenvalue weighted by Crippen LogP contribution is -2.51. The lowest BCUT2D eigenvalue weighted by molar-refractivity contribution is -0.124. The van der Waals surface area contributed by atoms with E-state index in [0.29, 0.717) is 29.5 Å². The lowest BCUT2D eigenvalue weighted by Gasteiger charge is -2.34. The van der Waals surface area contributed by atoms with Crippen molar-refractivity contribution in [2.45, 2.75) is 19.9 Å². The number of hydrogen-bond donors (Lipinski definition) is 2. The Morgan fingerprint density at radius 2 is 1.69 bits per heavy atom. The number of nitrogens with zero attached hydrogens (tertiary/aromatic N) is 2. The zero-order chi connectivity index (χ0) is 19.1. The number of nitrogens with one attached hydrogen (secondary N) is 2. The molecule has 1 aromatic rings. The van der Waals surface area contributed by atoms with Crippen LogP contribution >= 0.6 is 11.6 Å². The van der Waals surface area contributed by atoms with Gasteiger partial charge in [0.1, 0.15) is 5.75 Å². The van der Waals surface area contributed by atoms with Crippen molar-refractivity contribution < 1.29 is 14.3 Å². The molecule has 1 aromatic carbocycles. The van der Waals surface area contributed by atoms with Gasteiger partial charge in [-0.1, -0.05) is 11.6 Å². The Labute approximate surface area is 159 Å². The molecule has 1 aliphatic rings. The van der Waals surface area contributed by atoms with Crippen LogP contribution in [0.2, 0.25) is 5.02 Å². The molecule has 0 atom stereocenters. The van der Waals surface area contributed by atoms with E-state index in [-0.39, 0.29) is 17.9 Å². The number of anilines is 1. The first kappa shape index (κ1) is 20.5. The highest BCUT2D eigenvalue weighted by atomic mass is 35.5. The quantitative estimate of drug-likeness (QED) is 0.746. The van der Waals surface area contributed by atoms with Gasteiger partial charge in [0.15, 0.2) is 0 Å². The summed E-state index contributed by atoms with van der Waals surface area (Å²) in [5.74, 6) is 0.500. The van der Waals surface area contributed by atoms with Crippen LogP contribution in [0.4, 0.5) is 5.69 Å². The van der Waals surface area contributed by atoms with Crippen LogP contribution in [0.3, 0.4) is 0 Å². The van der Waals surface area contributed by atoms with E-state index in [1.165, 1.54) is 0 Å². The van der Waals surface area contributed by atoms with E-state index in [9.17, 15) is 9.59 Å². The second-order valence-corrected chi connectivity index (χ2v) is 7.10.